The van der Waals surface area contributed by atoms with E-state index in [1.165, 1.54) is 0 Å². The summed E-state index contributed by atoms with van der Waals surface area (Å²) in [5.41, 5.74) is 7.42. The van der Waals surface area contributed by atoms with E-state index in [0.29, 0.717) is 0 Å². The van der Waals surface area contributed by atoms with Crippen molar-refractivity contribution in [2.45, 2.75) is 13.8 Å². The third-order valence-corrected chi connectivity index (χ3v) is 1.90. The summed E-state index contributed by atoms with van der Waals surface area (Å²) in [4.78, 5) is 2.00. The molecule has 4 N–H and O–H groups in total. The van der Waals surface area contributed by atoms with Crippen molar-refractivity contribution in [3.05, 3.63) is 24.3 Å². The highest BCUT2D eigenvalue weighted by Crippen LogP contribution is 2.16. The summed E-state index contributed by atoms with van der Waals surface area (Å²) < 4.78 is 0. The van der Waals surface area contributed by atoms with Crippen LogP contribution in [-0.2, 0) is 0 Å². The van der Waals surface area contributed by atoms with Gasteiger partial charge in [0.1, 0.15) is 13.0 Å². The minimum atomic E-state index is 0.718. The van der Waals surface area contributed by atoms with Crippen LogP contribution >= 0.6 is 0 Å². The van der Waals surface area contributed by atoms with Crippen molar-refractivity contribution >= 4 is 17.7 Å². The molecule has 0 bridgehead atoms. The zero-order chi connectivity index (χ0) is 11.1. The molecule has 82 valence electrons. The van der Waals surface area contributed by atoms with E-state index in [-0.39, 0.29) is 0 Å². The largest absolute Gasteiger partial charge is 0.324 e. The Morgan fingerprint density at radius 2 is 2.00 bits per heavy atom. The number of nitrogens with two attached hydrogens (primary N) is 1. The number of nitrogens with zero attached hydrogens (tertiary/aromatic N) is 2. The van der Waals surface area contributed by atoms with Gasteiger partial charge < -0.3 is 10.3 Å². The van der Waals surface area contributed by atoms with Crippen LogP contribution in [0.2, 0.25) is 0 Å². The molecule has 0 aromatic heterocycles. The Morgan fingerprint density at radius 1 is 1.33 bits per heavy atom. The fraction of sp³-hybridized carbons (Fsp3) is 0.300. The van der Waals surface area contributed by atoms with Crippen molar-refractivity contribution in [3.8, 4) is 0 Å². The van der Waals surface area contributed by atoms with E-state index >= 15 is 0 Å². The summed E-state index contributed by atoms with van der Waals surface area (Å²) >= 11 is 0. The lowest BCUT2D eigenvalue weighted by Crippen LogP contribution is -2.22. The van der Waals surface area contributed by atoms with Gasteiger partial charge in [-0.15, -0.1) is 0 Å². The molecule has 0 aliphatic carbocycles. The lowest BCUT2D eigenvalue weighted by Gasteiger charge is -2.13. The van der Waals surface area contributed by atoms with Crippen LogP contribution in [0.4, 0.5) is 11.4 Å². The normalized spacial score (nSPS) is 12.9. The van der Waals surface area contributed by atoms with Gasteiger partial charge in [-0.2, -0.15) is 5.10 Å². The van der Waals surface area contributed by atoms with E-state index in [9.17, 15) is 0 Å². The zero-order valence-electron chi connectivity index (χ0n) is 9.07. The molecule has 2 rings (SSSR count). The topological polar surface area (TPSA) is 65.7 Å². The Bertz CT molecular complexity index is 306. The molecule has 0 spiro atoms. The molecule has 5 heteroatoms. The predicted molar refractivity (Wildman–Crippen MR) is 64.6 cm³/mol. The summed E-state index contributed by atoms with van der Waals surface area (Å²) in [5, 5.41) is 3.89. The SMILES string of the molecule is CC.NNc1ccc(N2C=NNC2)cc1. The molecule has 5 nitrogen and oxygen atoms in total. The van der Waals surface area contributed by atoms with Crippen molar-refractivity contribution in [1.82, 2.24) is 5.43 Å². The second-order valence-electron chi connectivity index (χ2n) is 2.72. The maximum atomic E-state index is 5.25. The van der Waals surface area contributed by atoms with Crippen molar-refractivity contribution < 1.29 is 0 Å². The fourth-order valence-corrected chi connectivity index (χ4v) is 1.18. The molecule has 0 saturated heterocycles. The van der Waals surface area contributed by atoms with Crippen LogP contribution in [0, 0.1) is 0 Å². The number of benzene rings is 1. The van der Waals surface area contributed by atoms with Gasteiger partial charge >= 0.3 is 0 Å². The van der Waals surface area contributed by atoms with Gasteiger partial charge in [0.05, 0.1) is 0 Å². The van der Waals surface area contributed by atoms with Crippen LogP contribution in [0.3, 0.4) is 0 Å². The van der Waals surface area contributed by atoms with Gasteiger partial charge in [-0.1, -0.05) is 13.8 Å². The Morgan fingerprint density at radius 3 is 2.47 bits per heavy atom. The lowest BCUT2D eigenvalue weighted by atomic mass is 10.3. The smallest absolute Gasteiger partial charge is 0.117 e. The molecule has 1 aliphatic rings. The highest BCUT2D eigenvalue weighted by molar-refractivity contribution is 5.80. The van der Waals surface area contributed by atoms with Gasteiger partial charge in [-0.25, -0.2) is 0 Å². The van der Waals surface area contributed by atoms with Crippen molar-refractivity contribution in [1.29, 1.82) is 0 Å². The fourth-order valence-electron chi connectivity index (χ4n) is 1.18. The second-order valence-corrected chi connectivity index (χ2v) is 2.72. The van der Waals surface area contributed by atoms with E-state index in [1.807, 2.05) is 43.0 Å². The molecule has 0 radical (unpaired) electrons. The minimum Gasteiger partial charge on any atom is -0.324 e. The summed E-state index contributed by atoms with van der Waals surface area (Å²) in [5.74, 6) is 5.25. The highest BCUT2D eigenvalue weighted by atomic mass is 15.5. The second kappa shape index (κ2) is 5.87. The summed E-state index contributed by atoms with van der Waals surface area (Å²) in [7, 11) is 0. The average molecular weight is 207 g/mol. The number of hydrogen-bond acceptors (Lipinski definition) is 5. The van der Waals surface area contributed by atoms with Gasteiger partial charge in [-0.3, -0.25) is 11.3 Å². The maximum absolute atomic E-state index is 5.25. The van der Waals surface area contributed by atoms with Gasteiger partial charge in [0.2, 0.25) is 0 Å². The molecule has 0 saturated carbocycles. The first-order valence-electron chi connectivity index (χ1n) is 4.99. The van der Waals surface area contributed by atoms with Crippen molar-refractivity contribution in [2.24, 2.45) is 10.9 Å². The standard InChI is InChI=1S/C8H11N5.C2H6/c9-12-7-1-3-8(4-2-7)13-5-10-11-6-13;1-2/h1-5,11-12H,6,9H2;1-2H3. The number of rotatable bonds is 2. The van der Waals surface area contributed by atoms with Crippen molar-refractivity contribution in [3.63, 3.8) is 0 Å². The molecule has 0 amide bonds. The average Bonchev–Trinajstić information content (AvgIpc) is 2.85. The van der Waals surface area contributed by atoms with Gasteiger partial charge in [0.15, 0.2) is 0 Å². The molecular weight excluding hydrogens is 190 g/mol. The highest BCUT2D eigenvalue weighted by Gasteiger charge is 2.06. The van der Waals surface area contributed by atoms with Gasteiger partial charge in [0.25, 0.3) is 0 Å². The van der Waals surface area contributed by atoms with Gasteiger partial charge in [0, 0.05) is 11.4 Å². The Labute approximate surface area is 89.9 Å². The van der Waals surface area contributed by atoms with Crippen LogP contribution in [-0.4, -0.2) is 13.0 Å². The molecule has 15 heavy (non-hydrogen) atoms. The quantitative estimate of drug-likeness (QED) is 0.505. The first-order valence-corrected chi connectivity index (χ1v) is 4.99. The molecule has 0 unspecified atom stereocenters. The molecule has 0 atom stereocenters. The van der Waals surface area contributed by atoms with E-state index in [4.69, 9.17) is 5.84 Å². The van der Waals surface area contributed by atoms with E-state index in [0.717, 1.165) is 18.0 Å². The number of hydrazone groups is 1. The van der Waals surface area contributed by atoms with Crippen LogP contribution in [0.5, 0.6) is 0 Å². The van der Waals surface area contributed by atoms with Gasteiger partial charge in [-0.05, 0) is 24.3 Å². The third-order valence-electron chi connectivity index (χ3n) is 1.90. The maximum Gasteiger partial charge on any atom is 0.117 e. The number of hydrazine groups is 1. The molecule has 1 aromatic carbocycles. The first kappa shape index (κ1) is 11.3. The monoisotopic (exact) mass is 207 g/mol. The summed E-state index contributed by atoms with van der Waals surface area (Å²) in [6.45, 7) is 4.72. The van der Waals surface area contributed by atoms with E-state index in [2.05, 4.69) is 16.0 Å². The first-order chi connectivity index (χ1) is 7.40. The predicted octanol–water partition coefficient (Wildman–Crippen LogP) is 1.31. The van der Waals surface area contributed by atoms with E-state index in [1.54, 1.807) is 6.34 Å². The lowest BCUT2D eigenvalue weighted by molar-refractivity contribution is 0.808. The molecule has 1 heterocycles. The summed E-state index contributed by atoms with van der Waals surface area (Å²) in [6.07, 6.45) is 1.75. The van der Waals surface area contributed by atoms with Crippen LogP contribution < -0.4 is 21.6 Å². The number of nitrogen functional groups attached to an aromatic ring is 1. The Kier molecular flexibility index (Phi) is 4.43. The minimum absolute atomic E-state index is 0.718. The number of hydrogen-bond donors (Lipinski definition) is 3. The number of nitrogens with one attached hydrogen (secondary N) is 2. The number of anilines is 2. The molecule has 1 aliphatic heterocycles. The van der Waals surface area contributed by atoms with Crippen LogP contribution in [0.1, 0.15) is 13.8 Å². The van der Waals surface area contributed by atoms with Crippen LogP contribution in [0.15, 0.2) is 29.4 Å². The molecular formula is C10H17N5. The summed E-state index contributed by atoms with van der Waals surface area (Å²) in [6, 6.07) is 7.80. The van der Waals surface area contributed by atoms with E-state index < -0.39 is 0 Å². The van der Waals surface area contributed by atoms with Crippen LogP contribution in [0.25, 0.3) is 0 Å². The molecule has 0 fully saturated rings. The Balaban J connectivity index is 0.000000531. The zero-order valence-corrected chi connectivity index (χ0v) is 9.07. The molecule has 1 aromatic rings. The third kappa shape index (κ3) is 2.85. The Hall–Kier alpha value is -1.75. The van der Waals surface area contributed by atoms with Crippen molar-refractivity contribution in [2.75, 3.05) is 17.0 Å².